The lowest BCUT2D eigenvalue weighted by Gasteiger charge is -2.29. The van der Waals surface area contributed by atoms with E-state index in [-0.39, 0.29) is 18.6 Å². The quantitative estimate of drug-likeness (QED) is 0.643. The van der Waals surface area contributed by atoms with Crippen molar-refractivity contribution >= 4 is 17.2 Å². The lowest BCUT2D eigenvalue weighted by molar-refractivity contribution is -0.132. The van der Waals surface area contributed by atoms with Crippen LogP contribution in [0.2, 0.25) is 0 Å². The Bertz CT molecular complexity index is 997. The third-order valence-electron chi connectivity index (χ3n) is 4.11. The Balaban J connectivity index is 1.38. The van der Waals surface area contributed by atoms with Crippen molar-refractivity contribution in [1.29, 1.82) is 0 Å². The van der Waals surface area contributed by atoms with E-state index < -0.39 is 5.69 Å². The Hall–Kier alpha value is -3.14. The van der Waals surface area contributed by atoms with Crippen LogP contribution in [0.4, 0.5) is 0 Å². The number of benzene rings is 1. The first kappa shape index (κ1) is 17.3. The van der Waals surface area contributed by atoms with Gasteiger partial charge in [-0.2, -0.15) is 9.36 Å². The van der Waals surface area contributed by atoms with E-state index in [1.807, 2.05) is 35.7 Å². The summed E-state index contributed by atoms with van der Waals surface area (Å²) in [5.41, 5.74) is -0.453. The minimum absolute atomic E-state index is 0.190. The van der Waals surface area contributed by atoms with Gasteiger partial charge in [0.15, 0.2) is 17.6 Å². The van der Waals surface area contributed by atoms with Gasteiger partial charge in [0.1, 0.15) is 18.2 Å². The highest BCUT2D eigenvalue weighted by atomic mass is 32.1. The average Bonchev–Trinajstić information content (AvgIpc) is 3.32. The van der Waals surface area contributed by atoms with E-state index in [1.165, 1.54) is 20.9 Å². The molecule has 10 heteroatoms. The van der Waals surface area contributed by atoms with Crippen LogP contribution in [0.25, 0.3) is 5.00 Å². The summed E-state index contributed by atoms with van der Waals surface area (Å²) in [5.74, 6) is 1.09. The molecule has 0 spiro atoms. The predicted octanol–water partition coefficient (Wildman–Crippen LogP) is 0.789. The molecule has 1 amide bonds. The first-order valence-corrected chi connectivity index (χ1v) is 9.19. The topological polar surface area (TPSA) is 91.5 Å². The molecule has 4 rings (SSSR count). The minimum atomic E-state index is -0.453. The molecule has 0 N–H and O–H groups in total. The molecule has 27 heavy (non-hydrogen) atoms. The summed E-state index contributed by atoms with van der Waals surface area (Å²) in [7, 11) is 1.65. The zero-order valence-corrected chi connectivity index (χ0v) is 15.3. The molecule has 0 aliphatic carbocycles. The first-order valence-electron chi connectivity index (χ1n) is 8.31. The minimum Gasteiger partial charge on any atom is -0.486 e. The molecule has 1 aliphatic heterocycles. The van der Waals surface area contributed by atoms with Crippen molar-refractivity contribution in [2.75, 3.05) is 20.2 Å². The van der Waals surface area contributed by atoms with Gasteiger partial charge in [0, 0.05) is 7.05 Å². The van der Waals surface area contributed by atoms with E-state index in [4.69, 9.17) is 9.47 Å². The molecule has 9 nitrogen and oxygen atoms in total. The Kier molecular flexibility index (Phi) is 4.63. The van der Waals surface area contributed by atoms with Gasteiger partial charge >= 0.3 is 5.69 Å². The van der Waals surface area contributed by atoms with E-state index >= 15 is 0 Å². The van der Waals surface area contributed by atoms with E-state index in [0.29, 0.717) is 29.7 Å². The van der Waals surface area contributed by atoms with Crippen LogP contribution in [0, 0.1) is 0 Å². The fourth-order valence-corrected chi connectivity index (χ4v) is 3.38. The normalized spacial score (nSPS) is 15.5. The SMILES string of the molecule is CN(CC1COc2ccccc2O1)C(=O)Cn1nnn(-c2cccs2)c1=O. The Morgan fingerprint density at radius 1 is 1.26 bits per heavy atom. The van der Waals surface area contributed by atoms with Gasteiger partial charge in [0.05, 0.1) is 6.54 Å². The maximum atomic E-state index is 12.5. The highest BCUT2D eigenvalue weighted by Crippen LogP contribution is 2.30. The number of fused-ring (bicyclic) bond motifs is 1. The molecule has 2 aromatic heterocycles. The molecule has 1 atom stereocenters. The van der Waals surface area contributed by atoms with Crippen LogP contribution in [0.15, 0.2) is 46.6 Å². The maximum Gasteiger partial charge on any atom is 0.369 e. The number of carbonyl (C=O) groups is 1. The number of para-hydroxylation sites is 2. The van der Waals surface area contributed by atoms with Gasteiger partial charge in [0.25, 0.3) is 0 Å². The lowest BCUT2D eigenvalue weighted by atomic mass is 10.2. The summed E-state index contributed by atoms with van der Waals surface area (Å²) in [6.45, 7) is 0.495. The van der Waals surface area contributed by atoms with Crippen LogP contribution in [0.1, 0.15) is 0 Å². The third kappa shape index (κ3) is 3.56. The zero-order valence-electron chi connectivity index (χ0n) is 14.5. The van der Waals surface area contributed by atoms with Crippen LogP contribution in [-0.2, 0) is 11.3 Å². The van der Waals surface area contributed by atoms with Crippen molar-refractivity contribution in [2.45, 2.75) is 12.6 Å². The van der Waals surface area contributed by atoms with Gasteiger partial charge in [0.2, 0.25) is 5.91 Å². The number of nitrogens with zero attached hydrogens (tertiary/aromatic N) is 5. The number of carbonyl (C=O) groups excluding carboxylic acids is 1. The average molecular weight is 387 g/mol. The Morgan fingerprint density at radius 2 is 2.07 bits per heavy atom. The van der Waals surface area contributed by atoms with Gasteiger partial charge in [-0.3, -0.25) is 4.79 Å². The van der Waals surface area contributed by atoms with Gasteiger partial charge in [-0.15, -0.1) is 11.3 Å². The molecule has 1 aliphatic rings. The van der Waals surface area contributed by atoms with Crippen LogP contribution >= 0.6 is 11.3 Å². The largest absolute Gasteiger partial charge is 0.486 e. The van der Waals surface area contributed by atoms with E-state index in [0.717, 1.165) is 4.68 Å². The van der Waals surface area contributed by atoms with E-state index in [9.17, 15) is 9.59 Å². The number of hydrogen-bond donors (Lipinski definition) is 0. The molecule has 140 valence electrons. The van der Waals surface area contributed by atoms with Crippen molar-refractivity contribution in [3.8, 4) is 16.5 Å². The summed E-state index contributed by atoms with van der Waals surface area (Å²) in [6, 6.07) is 11.0. The predicted molar refractivity (Wildman–Crippen MR) is 97.5 cm³/mol. The number of hydrogen-bond acceptors (Lipinski definition) is 7. The molecule has 0 saturated heterocycles. The van der Waals surface area contributed by atoms with Gasteiger partial charge in [-0.1, -0.05) is 12.1 Å². The number of aromatic nitrogens is 4. The molecule has 0 fully saturated rings. The van der Waals surface area contributed by atoms with E-state index in [1.54, 1.807) is 13.1 Å². The van der Waals surface area contributed by atoms with Gasteiger partial charge in [-0.25, -0.2) is 4.79 Å². The highest BCUT2D eigenvalue weighted by molar-refractivity contribution is 7.12. The molecule has 3 heterocycles. The van der Waals surface area contributed by atoms with Crippen molar-refractivity contribution < 1.29 is 14.3 Å². The number of thiophene rings is 1. The molecule has 1 unspecified atom stereocenters. The molecule has 0 saturated carbocycles. The van der Waals surface area contributed by atoms with Crippen molar-refractivity contribution in [1.82, 2.24) is 24.7 Å². The van der Waals surface area contributed by atoms with Gasteiger partial charge < -0.3 is 14.4 Å². The van der Waals surface area contributed by atoms with Crippen LogP contribution < -0.4 is 15.2 Å². The number of ether oxygens (including phenoxy) is 2. The molecular formula is C17H17N5O4S. The van der Waals surface area contributed by atoms with Crippen LogP contribution in [0.5, 0.6) is 11.5 Å². The Labute approximate surface area is 158 Å². The second-order valence-electron chi connectivity index (χ2n) is 6.05. The first-order chi connectivity index (χ1) is 13.1. The molecule has 1 aromatic carbocycles. The number of amides is 1. The van der Waals surface area contributed by atoms with Crippen LogP contribution in [-0.4, -0.2) is 56.9 Å². The molecule has 0 bridgehead atoms. The fourth-order valence-electron chi connectivity index (χ4n) is 2.71. The van der Waals surface area contributed by atoms with Gasteiger partial charge in [-0.05, 0) is 40.1 Å². The summed E-state index contributed by atoms with van der Waals surface area (Å²) in [6.07, 6.45) is -0.285. The van der Waals surface area contributed by atoms with Crippen molar-refractivity contribution in [3.05, 3.63) is 52.3 Å². The van der Waals surface area contributed by atoms with Crippen molar-refractivity contribution in [3.63, 3.8) is 0 Å². The second-order valence-corrected chi connectivity index (χ2v) is 6.98. The maximum absolute atomic E-state index is 12.5. The highest BCUT2D eigenvalue weighted by Gasteiger charge is 2.24. The summed E-state index contributed by atoms with van der Waals surface area (Å²) < 4.78 is 13.7. The van der Waals surface area contributed by atoms with Crippen LogP contribution in [0.3, 0.4) is 0 Å². The molecular weight excluding hydrogens is 370 g/mol. The number of likely N-dealkylation sites (N-methyl/N-ethyl adjacent to an activating group) is 1. The summed E-state index contributed by atoms with van der Waals surface area (Å²) in [5, 5.41) is 10.1. The summed E-state index contributed by atoms with van der Waals surface area (Å²) >= 11 is 1.37. The van der Waals surface area contributed by atoms with Crippen molar-refractivity contribution in [2.24, 2.45) is 0 Å². The summed E-state index contributed by atoms with van der Waals surface area (Å²) in [4.78, 5) is 26.3. The smallest absolute Gasteiger partial charge is 0.369 e. The standard InChI is InChI=1S/C17H17N5O4S/c1-20(9-12-11-25-13-5-2-3-6-14(13)26-12)15(23)10-21-17(24)22(19-18-21)16-7-4-8-27-16/h2-8,12H,9-11H2,1H3. The lowest BCUT2D eigenvalue weighted by Crippen LogP contribution is -2.43. The monoisotopic (exact) mass is 387 g/mol. The fraction of sp³-hybridized carbons (Fsp3) is 0.294. The second kappa shape index (κ2) is 7.23. The third-order valence-corrected chi connectivity index (χ3v) is 4.95. The number of tetrazole rings is 1. The number of rotatable bonds is 5. The zero-order chi connectivity index (χ0) is 18.8. The van der Waals surface area contributed by atoms with E-state index in [2.05, 4.69) is 10.4 Å². The molecule has 3 aromatic rings. The Morgan fingerprint density at radius 3 is 2.85 bits per heavy atom. The molecule has 0 radical (unpaired) electrons.